The lowest BCUT2D eigenvalue weighted by atomic mass is 10.4. The van der Waals surface area contributed by atoms with Gasteiger partial charge in [-0.15, -0.1) is 0 Å². The van der Waals surface area contributed by atoms with E-state index in [2.05, 4.69) is 15.4 Å². The molecule has 18 heavy (non-hydrogen) atoms. The van der Waals surface area contributed by atoms with Crippen molar-refractivity contribution in [1.29, 1.82) is 0 Å². The number of nitrogens with one attached hydrogen (secondary N) is 1. The molecule has 0 aromatic carbocycles. The first-order valence-corrected chi connectivity index (χ1v) is 5.55. The van der Waals surface area contributed by atoms with Gasteiger partial charge in [-0.1, -0.05) is 0 Å². The minimum Gasteiger partial charge on any atom is -0.383 e. The zero-order valence-corrected chi connectivity index (χ0v) is 10.7. The maximum Gasteiger partial charge on any atom is 0.223 e. The van der Waals surface area contributed by atoms with Gasteiger partial charge < -0.3 is 25.5 Å². The number of ether oxygens (including phenoxy) is 2. The highest BCUT2D eigenvalue weighted by atomic mass is 16.5. The first-order valence-electron chi connectivity index (χ1n) is 5.55. The molecule has 8 heteroatoms. The zero-order valence-electron chi connectivity index (χ0n) is 10.7. The molecule has 0 aliphatic carbocycles. The summed E-state index contributed by atoms with van der Waals surface area (Å²) in [5.41, 5.74) is 8.08. The zero-order chi connectivity index (χ0) is 13.4. The SMILES string of the molecule is COCCN(CCOC)c1cc(NN)nc(N)n1. The maximum atomic E-state index is 5.62. The van der Waals surface area contributed by atoms with E-state index in [1.807, 2.05) is 4.90 Å². The van der Waals surface area contributed by atoms with Crippen LogP contribution in [0.3, 0.4) is 0 Å². The summed E-state index contributed by atoms with van der Waals surface area (Å²) in [7, 11) is 3.30. The number of hydrogen-bond acceptors (Lipinski definition) is 8. The van der Waals surface area contributed by atoms with Crippen LogP contribution in [-0.4, -0.2) is 50.5 Å². The normalized spacial score (nSPS) is 10.4. The molecule has 0 atom stereocenters. The van der Waals surface area contributed by atoms with Gasteiger partial charge in [0, 0.05) is 33.4 Å². The number of hydrogen-bond donors (Lipinski definition) is 3. The topological polar surface area (TPSA) is 112 Å². The second-order valence-electron chi connectivity index (χ2n) is 3.59. The number of nitrogens with zero attached hydrogens (tertiary/aromatic N) is 3. The van der Waals surface area contributed by atoms with Crippen molar-refractivity contribution < 1.29 is 9.47 Å². The molecule has 1 aromatic rings. The molecule has 0 fully saturated rings. The number of anilines is 3. The Bertz CT molecular complexity index is 354. The molecule has 0 amide bonds. The van der Waals surface area contributed by atoms with Gasteiger partial charge in [0.2, 0.25) is 5.95 Å². The molecule has 102 valence electrons. The summed E-state index contributed by atoms with van der Waals surface area (Å²) < 4.78 is 10.1. The van der Waals surface area contributed by atoms with Gasteiger partial charge in [0.05, 0.1) is 13.2 Å². The largest absolute Gasteiger partial charge is 0.383 e. The highest BCUT2D eigenvalue weighted by molar-refractivity contribution is 5.52. The summed E-state index contributed by atoms with van der Waals surface area (Å²) in [4.78, 5) is 10.1. The van der Waals surface area contributed by atoms with Crippen molar-refractivity contribution in [1.82, 2.24) is 9.97 Å². The Morgan fingerprint density at radius 3 is 2.33 bits per heavy atom. The highest BCUT2D eigenvalue weighted by Gasteiger charge is 2.10. The van der Waals surface area contributed by atoms with Crippen molar-refractivity contribution in [3.05, 3.63) is 6.07 Å². The molecule has 0 saturated heterocycles. The third-order valence-electron chi connectivity index (χ3n) is 2.33. The van der Waals surface area contributed by atoms with Crippen LogP contribution in [-0.2, 0) is 9.47 Å². The summed E-state index contributed by atoms with van der Waals surface area (Å²) in [6, 6.07) is 1.72. The standard InChI is InChI=1S/C10H20N6O2/c1-17-5-3-16(4-6-18-2)9-7-8(15-12)13-10(11)14-9/h7H,3-6,12H2,1-2H3,(H3,11,13,14,15). The van der Waals surface area contributed by atoms with Crippen LogP contribution in [0.5, 0.6) is 0 Å². The molecule has 1 rings (SSSR count). The van der Waals surface area contributed by atoms with Gasteiger partial charge in [-0.3, -0.25) is 0 Å². The Kier molecular flexibility index (Phi) is 6.12. The van der Waals surface area contributed by atoms with Crippen LogP contribution < -0.4 is 21.9 Å². The second-order valence-corrected chi connectivity index (χ2v) is 3.59. The van der Waals surface area contributed by atoms with E-state index in [9.17, 15) is 0 Å². The smallest absolute Gasteiger partial charge is 0.223 e. The quantitative estimate of drug-likeness (QED) is 0.419. The van der Waals surface area contributed by atoms with Crippen molar-refractivity contribution in [2.75, 3.05) is 56.6 Å². The van der Waals surface area contributed by atoms with Crippen molar-refractivity contribution in [2.24, 2.45) is 5.84 Å². The fraction of sp³-hybridized carbons (Fsp3) is 0.600. The lowest BCUT2D eigenvalue weighted by molar-refractivity contribution is 0.190. The Morgan fingerprint density at radius 1 is 1.22 bits per heavy atom. The van der Waals surface area contributed by atoms with Crippen LogP contribution in [0.2, 0.25) is 0 Å². The number of aromatic nitrogens is 2. The summed E-state index contributed by atoms with van der Waals surface area (Å²) in [6.07, 6.45) is 0. The van der Waals surface area contributed by atoms with E-state index >= 15 is 0 Å². The molecule has 0 unspecified atom stereocenters. The number of hydrazine groups is 1. The average Bonchev–Trinajstić information content (AvgIpc) is 2.38. The predicted octanol–water partition coefficient (Wildman–Crippen LogP) is -0.556. The van der Waals surface area contributed by atoms with Crippen LogP contribution in [0, 0.1) is 0 Å². The predicted molar refractivity (Wildman–Crippen MR) is 70.2 cm³/mol. The number of nitrogens with two attached hydrogens (primary N) is 2. The molecule has 1 aromatic heterocycles. The molecule has 0 spiro atoms. The van der Waals surface area contributed by atoms with Crippen molar-refractivity contribution >= 4 is 17.6 Å². The highest BCUT2D eigenvalue weighted by Crippen LogP contribution is 2.16. The van der Waals surface area contributed by atoms with Gasteiger partial charge in [0.25, 0.3) is 0 Å². The monoisotopic (exact) mass is 256 g/mol. The van der Waals surface area contributed by atoms with Gasteiger partial charge in [0.1, 0.15) is 11.6 Å². The molecule has 0 aliphatic rings. The molecule has 0 radical (unpaired) electrons. The minimum atomic E-state index is 0.167. The van der Waals surface area contributed by atoms with Gasteiger partial charge in [-0.2, -0.15) is 9.97 Å². The number of rotatable bonds is 8. The van der Waals surface area contributed by atoms with E-state index in [1.54, 1.807) is 20.3 Å². The minimum absolute atomic E-state index is 0.167. The van der Waals surface area contributed by atoms with E-state index in [4.69, 9.17) is 21.1 Å². The molecular weight excluding hydrogens is 236 g/mol. The summed E-state index contributed by atoms with van der Waals surface area (Å²) in [5.74, 6) is 6.65. The Hall–Kier alpha value is -1.64. The fourth-order valence-electron chi connectivity index (χ4n) is 1.43. The van der Waals surface area contributed by atoms with Crippen LogP contribution in [0.4, 0.5) is 17.6 Å². The summed E-state index contributed by atoms with van der Waals surface area (Å²) in [5, 5.41) is 0. The summed E-state index contributed by atoms with van der Waals surface area (Å²) >= 11 is 0. The summed E-state index contributed by atoms with van der Waals surface area (Å²) in [6.45, 7) is 2.53. The molecule has 0 aliphatic heterocycles. The third kappa shape index (κ3) is 4.32. The molecule has 8 nitrogen and oxygen atoms in total. The van der Waals surface area contributed by atoms with Gasteiger partial charge in [-0.25, -0.2) is 5.84 Å². The average molecular weight is 256 g/mol. The van der Waals surface area contributed by atoms with Crippen LogP contribution >= 0.6 is 0 Å². The third-order valence-corrected chi connectivity index (χ3v) is 2.33. The maximum absolute atomic E-state index is 5.62. The van der Waals surface area contributed by atoms with Gasteiger partial charge in [0.15, 0.2) is 0 Å². The molecule has 0 saturated carbocycles. The van der Waals surface area contributed by atoms with Crippen LogP contribution in [0.15, 0.2) is 6.07 Å². The molecule has 0 bridgehead atoms. The van der Waals surface area contributed by atoms with Crippen molar-refractivity contribution in [2.45, 2.75) is 0 Å². The van der Waals surface area contributed by atoms with Gasteiger partial charge in [-0.05, 0) is 0 Å². The van der Waals surface area contributed by atoms with E-state index in [1.165, 1.54) is 0 Å². The Balaban J connectivity index is 2.84. The first-order chi connectivity index (χ1) is 8.71. The van der Waals surface area contributed by atoms with Crippen LogP contribution in [0.1, 0.15) is 0 Å². The molecule has 5 N–H and O–H groups in total. The van der Waals surface area contributed by atoms with Gasteiger partial charge >= 0.3 is 0 Å². The number of nitrogen functional groups attached to an aromatic ring is 2. The Morgan fingerprint density at radius 2 is 1.83 bits per heavy atom. The molecule has 1 heterocycles. The van der Waals surface area contributed by atoms with E-state index in [0.29, 0.717) is 37.9 Å². The lowest BCUT2D eigenvalue weighted by Gasteiger charge is -2.23. The van der Waals surface area contributed by atoms with E-state index in [-0.39, 0.29) is 5.95 Å². The van der Waals surface area contributed by atoms with E-state index in [0.717, 1.165) is 0 Å². The second kappa shape index (κ2) is 7.64. The van der Waals surface area contributed by atoms with E-state index < -0.39 is 0 Å². The fourth-order valence-corrected chi connectivity index (χ4v) is 1.43. The first kappa shape index (κ1) is 14.4. The molecular formula is C10H20N6O2. The van der Waals surface area contributed by atoms with Crippen molar-refractivity contribution in [3.8, 4) is 0 Å². The Labute approximate surface area is 106 Å². The van der Waals surface area contributed by atoms with Crippen LogP contribution in [0.25, 0.3) is 0 Å². The van der Waals surface area contributed by atoms with Crippen molar-refractivity contribution in [3.63, 3.8) is 0 Å². The number of methoxy groups -OCH3 is 2. The lowest BCUT2D eigenvalue weighted by Crippen LogP contribution is -2.31.